The fraction of sp³-hybridized carbons (Fsp3) is 0.552. The number of esters is 4. The highest BCUT2D eigenvalue weighted by Gasteiger charge is 2.23. The topological polar surface area (TPSA) is 143 Å². The van der Waals surface area contributed by atoms with E-state index in [0.29, 0.717) is 33.7 Å². The predicted octanol–water partition coefficient (Wildman–Crippen LogP) is 2.11. The molecule has 0 atom stereocenters. The molecule has 42 heavy (non-hydrogen) atoms. The molecule has 0 fully saturated rings. The van der Waals surface area contributed by atoms with Gasteiger partial charge in [-0.3, -0.25) is 34.0 Å². The highest BCUT2D eigenvalue weighted by Crippen LogP contribution is 2.36. The summed E-state index contributed by atoms with van der Waals surface area (Å²) in [4.78, 5) is 57.5. The molecule has 0 saturated heterocycles. The molecule has 1 heterocycles. The van der Waals surface area contributed by atoms with Crippen molar-refractivity contribution in [3.05, 3.63) is 29.6 Å². The molecule has 0 unspecified atom stereocenters. The van der Waals surface area contributed by atoms with Crippen LogP contribution in [0.2, 0.25) is 0 Å². The Hall–Kier alpha value is -3.97. The van der Waals surface area contributed by atoms with Crippen molar-refractivity contribution >= 4 is 34.6 Å². The van der Waals surface area contributed by atoms with Gasteiger partial charge < -0.3 is 28.4 Å². The van der Waals surface area contributed by atoms with Crippen LogP contribution < -0.4 is 9.47 Å². The van der Waals surface area contributed by atoms with Crippen LogP contribution in [0.5, 0.6) is 11.5 Å². The molecule has 1 aromatic heterocycles. The Morgan fingerprint density at radius 3 is 1.45 bits per heavy atom. The van der Waals surface area contributed by atoms with Gasteiger partial charge in [0.05, 0.1) is 83.6 Å². The van der Waals surface area contributed by atoms with Crippen LogP contribution in [0.25, 0.3) is 10.8 Å². The van der Waals surface area contributed by atoms with E-state index in [1.807, 2.05) is 0 Å². The highest BCUT2D eigenvalue weighted by molar-refractivity contribution is 5.95. The third kappa shape index (κ3) is 10.5. The maximum absolute atomic E-state index is 12.4. The number of carbonyl (C=O) groups excluding carboxylic acids is 4. The number of rotatable bonds is 18. The number of methoxy groups -OCH3 is 2. The highest BCUT2D eigenvalue weighted by atomic mass is 16.5. The van der Waals surface area contributed by atoms with Crippen LogP contribution in [0.15, 0.2) is 18.2 Å². The van der Waals surface area contributed by atoms with Gasteiger partial charge in [-0.05, 0) is 45.9 Å². The van der Waals surface area contributed by atoms with Gasteiger partial charge in [0.1, 0.15) is 11.5 Å². The zero-order valence-electron chi connectivity index (χ0n) is 25.2. The molecule has 2 aromatic rings. The van der Waals surface area contributed by atoms with Crippen molar-refractivity contribution < 1.29 is 47.6 Å². The third-order valence-corrected chi connectivity index (χ3v) is 5.88. The molecule has 13 nitrogen and oxygen atoms in total. The SMILES string of the molecule is CCOC(=O)CN(CC(=O)OCC)Cc1cc2c(OC)ccc(OC)c2c(CN(CC(=O)OCC)CC(=O)OCC)n1. The van der Waals surface area contributed by atoms with Gasteiger partial charge in [-0.2, -0.15) is 0 Å². The summed E-state index contributed by atoms with van der Waals surface area (Å²) in [6.07, 6.45) is 0. The van der Waals surface area contributed by atoms with Crippen molar-refractivity contribution in [2.75, 3.05) is 66.8 Å². The van der Waals surface area contributed by atoms with E-state index in [9.17, 15) is 19.2 Å². The molecule has 0 radical (unpaired) electrons. The number of hydrogen-bond donors (Lipinski definition) is 0. The Labute approximate surface area is 245 Å². The van der Waals surface area contributed by atoms with Crippen LogP contribution >= 0.6 is 0 Å². The molecule has 2 rings (SSSR count). The van der Waals surface area contributed by atoms with E-state index in [2.05, 4.69) is 0 Å². The minimum absolute atomic E-state index is 0.0429. The van der Waals surface area contributed by atoms with Crippen LogP contribution in [-0.4, -0.2) is 105 Å². The summed E-state index contributed by atoms with van der Waals surface area (Å²) in [5.74, 6) is -1.000. The van der Waals surface area contributed by atoms with E-state index in [-0.39, 0.29) is 65.7 Å². The smallest absolute Gasteiger partial charge is 0.320 e. The summed E-state index contributed by atoms with van der Waals surface area (Å²) in [5, 5.41) is 1.26. The fourth-order valence-electron chi connectivity index (χ4n) is 4.33. The Balaban J connectivity index is 2.62. The summed E-state index contributed by atoms with van der Waals surface area (Å²) in [6.45, 7) is 6.94. The van der Waals surface area contributed by atoms with E-state index in [0.717, 1.165) is 0 Å². The molecule has 0 spiro atoms. The van der Waals surface area contributed by atoms with Crippen molar-refractivity contribution in [2.24, 2.45) is 0 Å². The first-order valence-electron chi connectivity index (χ1n) is 13.8. The van der Waals surface area contributed by atoms with Gasteiger partial charge in [-0.15, -0.1) is 0 Å². The van der Waals surface area contributed by atoms with E-state index in [1.54, 1.807) is 55.7 Å². The summed E-state index contributed by atoms with van der Waals surface area (Å²) < 4.78 is 31.7. The molecular weight excluding hydrogens is 550 g/mol. The van der Waals surface area contributed by atoms with Gasteiger partial charge in [0, 0.05) is 18.5 Å². The van der Waals surface area contributed by atoms with Crippen LogP contribution in [0.3, 0.4) is 0 Å². The normalized spacial score (nSPS) is 11.0. The van der Waals surface area contributed by atoms with E-state index >= 15 is 0 Å². The lowest BCUT2D eigenvalue weighted by atomic mass is 10.0. The van der Waals surface area contributed by atoms with Gasteiger partial charge in [-0.25, -0.2) is 0 Å². The fourth-order valence-corrected chi connectivity index (χ4v) is 4.33. The number of carbonyl (C=O) groups is 4. The number of nitrogens with zero attached hydrogens (tertiary/aromatic N) is 3. The van der Waals surface area contributed by atoms with Crippen LogP contribution in [0.4, 0.5) is 0 Å². The van der Waals surface area contributed by atoms with Gasteiger partial charge >= 0.3 is 23.9 Å². The molecule has 13 heteroatoms. The Bertz CT molecular complexity index is 1180. The van der Waals surface area contributed by atoms with Crippen molar-refractivity contribution in [3.63, 3.8) is 0 Å². The van der Waals surface area contributed by atoms with E-state index in [1.165, 1.54) is 14.2 Å². The second kappa shape index (κ2) is 17.8. The van der Waals surface area contributed by atoms with Crippen molar-refractivity contribution in [1.82, 2.24) is 14.8 Å². The second-order valence-corrected chi connectivity index (χ2v) is 8.96. The molecule has 0 N–H and O–H groups in total. The maximum atomic E-state index is 12.4. The monoisotopic (exact) mass is 591 g/mol. The molecule has 0 aliphatic rings. The molecule has 0 saturated carbocycles. The predicted molar refractivity (Wildman–Crippen MR) is 152 cm³/mol. The summed E-state index contributed by atoms with van der Waals surface area (Å²) >= 11 is 0. The first-order chi connectivity index (χ1) is 20.2. The van der Waals surface area contributed by atoms with E-state index in [4.69, 9.17) is 33.4 Å². The summed E-state index contributed by atoms with van der Waals surface area (Å²) in [6, 6.07) is 5.27. The van der Waals surface area contributed by atoms with Gasteiger partial charge in [0.25, 0.3) is 0 Å². The largest absolute Gasteiger partial charge is 0.496 e. The Kier molecular flexibility index (Phi) is 14.5. The molecule has 1 aromatic carbocycles. The number of hydrogen-bond acceptors (Lipinski definition) is 13. The number of benzene rings is 1. The molecule has 0 amide bonds. The number of ether oxygens (including phenoxy) is 6. The second-order valence-electron chi connectivity index (χ2n) is 8.96. The van der Waals surface area contributed by atoms with Gasteiger partial charge in [0.2, 0.25) is 0 Å². The molecular formula is C29H41N3O10. The van der Waals surface area contributed by atoms with Crippen molar-refractivity contribution in [3.8, 4) is 11.5 Å². The van der Waals surface area contributed by atoms with Crippen molar-refractivity contribution in [1.29, 1.82) is 0 Å². The van der Waals surface area contributed by atoms with E-state index < -0.39 is 23.9 Å². The lowest BCUT2D eigenvalue weighted by molar-refractivity contribution is -0.150. The van der Waals surface area contributed by atoms with Gasteiger partial charge in [0.15, 0.2) is 0 Å². The maximum Gasteiger partial charge on any atom is 0.320 e. The standard InChI is InChI=1S/C29H41N3O10/c1-7-39-25(33)16-31(17-26(34)40-8-2)14-20-13-21-23(37-5)11-12-24(38-6)29(21)22(30-20)15-32(18-27(35)41-9-3)19-28(36)42-10-4/h11-13H,7-10,14-19H2,1-6H3. The minimum atomic E-state index is -0.512. The first kappa shape index (κ1) is 34.2. The zero-order valence-corrected chi connectivity index (χ0v) is 25.2. The molecule has 0 aliphatic heterocycles. The lowest BCUT2D eigenvalue weighted by Gasteiger charge is -2.24. The molecule has 232 valence electrons. The van der Waals surface area contributed by atoms with Crippen molar-refractivity contribution in [2.45, 2.75) is 40.8 Å². The Morgan fingerprint density at radius 2 is 1.05 bits per heavy atom. The third-order valence-electron chi connectivity index (χ3n) is 5.88. The summed E-state index contributed by atoms with van der Waals surface area (Å²) in [7, 11) is 3.05. The average Bonchev–Trinajstić information content (AvgIpc) is 2.92. The van der Waals surface area contributed by atoms with Crippen LogP contribution in [-0.2, 0) is 51.2 Å². The minimum Gasteiger partial charge on any atom is -0.496 e. The Morgan fingerprint density at radius 1 is 0.643 bits per heavy atom. The lowest BCUT2D eigenvalue weighted by Crippen LogP contribution is -2.37. The summed E-state index contributed by atoms with van der Waals surface area (Å²) in [5.41, 5.74) is 0.962. The van der Waals surface area contributed by atoms with Gasteiger partial charge in [-0.1, -0.05) is 0 Å². The molecule has 0 aliphatic carbocycles. The first-order valence-corrected chi connectivity index (χ1v) is 13.8. The number of fused-ring (bicyclic) bond motifs is 1. The number of aromatic nitrogens is 1. The van der Waals surface area contributed by atoms with Crippen LogP contribution in [0.1, 0.15) is 39.1 Å². The zero-order chi connectivity index (χ0) is 31.1. The molecule has 0 bridgehead atoms. The van der Waals surface area contributed by atoms with Crippen LogP contribution in [0, 0.1) is 0 Å². The number of pyridine rings is 1. The average molecular weight is 592 g/mol. The quantitative estimate of drug-likeness (QED) is 0.185.